The molecule has 0 saturated heterocycles. The van der Waals surface area contributed by atoms with Gasteiger partial charge in [0, 0.05) is 22.2 Å². The molecule has 0 fully saturated rings. The van der Waals surface area contributed by atoms with Crippen LogP contribution in [0.3, 0.4) is 0 Å². The molecule has 1 aliphatic rings. The van der Waals surface area contributed by atoms with Gasteiger partial charge in [0.2, 0.25) is 0 Å². The van der Waals surface area contributed by atoms with Gasteiger partial charge in [-0.25, -0.2) is 0 Å². The monoisotopic (exact) mass is 289 g/mol. The lowest BCUT2D eigenvalue weighted by Crippen LogP contribution is -2.43. The van der Waals surface area contributed by atoms with Crippen LogP contribution in [0, 0.1) is 5.41 Å². The van der Waals surface area contributed by atoms with Gasteiger partial charge in [-0.3, -0.25) is 0 Å². The summed E-state index contributed by atoms with van der Waals surface area (Å²) < 4.78 is 0. The zero-order chi connectivity index (χ0) is 14.8. The van der Waals surface area contributed by atoms with E-state index in [0.717, 1.165) is 6.54 Å². The van der Waals surface area contributed by atoms with E-state index in [2.05, 4.69) is 69.9 Å². The Labute approximate surface area is 128 Å². The highest BCUT2D eigenvalue weighted by molar-refractivity contribution is 8.00. The van der Waals surface area contributed by atoms with E-state index in [1.54, 1.807) is 0 Å². The van der Waals surface area contributed by atoms with Crippen molar-refractivity contribution in [2.24, 2.45) is 5.41 Å². The van der Waals surface area contributed by atoms with E-state index in [4.69, 9.17) is 0 Å². The van der Waals surface area contributed by atoms with Crippen molar-refractivity contribution >= 4 is 11.8 Å². The summed E-state index contributed by atoms with van der Waals surface area (Å²) in [6.07, 6.45) is 4.51. The Morgan fingerprint density at radius 2 is 2.00 bits per heavy atom. The van der Waals surface area contributed by atoms with Crippen LogP contribution < -0.4 is 5.32 Å². The van der Waals surface area contributed by atoms with Crippen molar-refractivity contribution in [1.82, 2.24) is 5.32 Å². The predicted octanol–water partition coefficient (Wildman–Crippen LogP) is 4.67. The predicted molar refractivity (Wildman–Crippen MR) is 90.5 cm³/mol. The molecule has 0 aromatic heterocycles. The largest absolute Gasteiger partial charge is 0.311 e. The first-order chi connectivity index (χ1) is 9.31. The minimum absolute atomic E-state index is 0.160. The van der Waals surface area contributed by atoms with Crippen molar-refractivity contribution in [2.45, 2.75) is 56.2 Å². The highest BCUT2D eigenvalue weighted by atomic mass is 32.2. The normalized spacial score (nSPS) is 21.3. The van der Waals surface area contributed by atoms with Gasteiger partial charge in [0.1, 0.15) is 0 Å². The van der Waals surface area contributed by atoms with Crippen LogP contribution in [0.4, 0.5) is 0 Å². The van der Waals surface area contributed by atoms with Crippen molar-refractivity contribution in [3.63, 3.8) is 0 Å². The van der Waals surface area contributed by atoms with Gasteiger partial charge < -0.3 is 5.32 Å². The maximum absolute atomic E-state index is 4.08. The maximum Gasteiger partial charge on any atom is 0.0144 e. The molecule has 2 heteroatoms. The average Bonchev–Trinajstić information content (AvgIpc) is 2.77. The fraction of sp³-hybridized carbons (Fsp3) is 0.556. The fourth-order valence-electron chi connectivity index (χ4n) is 2.58. The zero-order valence-corrected chi connectivity index (χ0v) is 14.0. The number of fused-ring (bicyclic) bond motifs is 1. The molecule has 2 atom stereocenters. The third-order valence-corrected chi connectivity index (χ3v) is 5.24. The quantitative estimate of drug-likeness (QED) is 0.790. The van der Waals surface area contributed by atoms with Crippen molar-refractivity contribution in [3.05, 3.63) is 42.5 Å². The number of hydrogen-bond acceptors (Lipinski definition) is 2. The molecule has 110 valence electrons. The van der Waals surface area contributed by atoms with Crippen molar-refractivity contribution in [2.75, 3.05) is 6.54 Å². The molecule has 1 aliphatic heterocycles. The zero-order valence-electron chi connectivity index (χ0n) is 13.2. The molecule has 1 heterocycles. The topological polar surface area (TPSA) is 12.0 Å². The molecule has 0 spiro atoms. The van der Waals surface area contributed by atoms with Crippen molar-refractivity contribution in [3.8, 4) is 0 Å². The molecule has 2 unspecified atom stereocenters. The molecule has 0 radical (unpaired) electrons. The van der Waals surface area contributed by atoms with Crippen LogP contribution >= 0.6 is 11.8 Å². The Balaban J connectivity index is 1.96. The molecule has 20 heavy (non-hydrogen) atoms. The summed E-state index contributed by atoms with van der Waals surface area (Å²) in [6, 6.07) is 8.80. The average molecular weight is 289 g/mol. The summed E-state index contributed by atoms with van der Waals surface area (Å²) in [6.45, 7) is 14.0. The third kappa shape index (κ3) is 4.13. The van der Waals surface area contributed by atoms with E-state index in [0.29, 0.717) is 5.25 Å². The lowest BCUT2D eigenvalue weighted by atomic mass is 9.83. The Morgan fingerprint density at radius 3 is 2.60 bits per heavy atom. The number of hydrogen-bond donors (Lipinski definition) is 1. The minimum Gasteiger partial charge on any atom is -0.311 e. The Bertz CT molecular complexity index is 450. The number of rotatable bonds is 5. The minimum atomic E-state index is 0.160. The molecule has 1 aromatic rings. The summed E-state index contributed by atoms with van der Waals surface area (Å²) >= 11 is 2.04. The summed E-state index contributed by atoms with van der Waals surface area (Å²) in [7, 11) is 0. The number of thioether (sulfide) groups is 1. The van der Waals surface area contributed by atoms with Crippen LogP contribution in [0.25, 0.3) is 0 Å². The van der Waals surface area contributed by atoms with E-state index in [1.807, 2.05) is 11.8 Å². The Kier molecular flexibility index (Phi) is 4.66. The van der Waals surface area contributed by atoms with Crippen molar-refractivity contribution in [1.29, 1.82) is 0 Å². The van der Waals surface area contributed by atoms with Gasteiger partial charge in [0.25, 0.3) is 0 Å². The van der Waals surface area contributed by atoms with Gasteiger partial charge in [-0.05, 0) is 50.7 Å². The third-order valence-electron chi connectivity index (χ3n) is 3.92. The molecule has 0 aliphatic carbocycles. The summed E-state index contributed by atoms with van der Waals surface area (Å²) in [4.78, 5) is 1.47. The second-order valence-corrected chi connectivity index (χ2v) is 8.56. The molecule has 0 saturated carbocycles. The molecule has 0 bridgehead atoms. The first-order valence-corrected chi connectivity index (χ1v) is 8.32. The molecular weight excluding hydrogens is 262 g/mol. The van der Waals surface area contributed by atoms with Crippen LogP contribution in [0.2, 0.25) is 0 Å². The molecular formula is C18H27NS. The smallest absolute Gasteiger partial charge is 0.0144 e. The van der Waals surface area contributed by atoms with Crippen LogP contribution in [-0.2, 0) is 6.42 Å². The van der Waals surface area contributed by atoms with E-state index in [9.17, 15) is 0 Å². The Hall–Kier alpha value is -0.730. The number of benzene rings is 1. The summed E-state index contributed by atoms with van der Waals surface area (Å²) in [5.41, 5.74) is 1.83. The summed E-state index contributed by atoms with van der Waals surface area (Å²) in [5.74, 6) is 0. The fourth-order valence-corrected chi connectivity index (χ4v) is 4.13. The lowest BCUT2D eigenvalue weighted by Gasteiger charge is -2.33. The van der Waals surface area contributed by atoms with Crippen LogP contribution in [-0.4, -0.2) is 17.3 Å². The molecule has 0 amide bonds. The highest BCUT2D eigenvalue weighted by Crippen LogP contribution is 2.42. The van der Waals surface area contributed by atoms with Gasteiger partial charge in [0.15, 0.2) is 0 Å². The van der Waals surface area contributed by atoms with E-state index >= 15 is 0 Å². The van der Waals surface area contributed by atoms with Crippen molar-refractivity contribution < 1.29 is 0 Å². The first kappa shape index (κ1) is 15.7. The summed E-state index contributed by atoms with van der Waals surface area (Å²) in [5, 5.41) is 4.31. The van der Waals surface area contributed by atoms with Crippen LogP contribution in [0.15, 0.2) is 41.8 Å². The standard InChI is InChI=1S/C18H27NS/c1-6-18(5,13-19-17(2,3)4)12-15-11-14-9-7-8-10-16(14)20-15/h6-10,15,19H,1,11-13H2,2-5H3. The SMILES string of the molecule is C=CC(C)(CNC(C)(C)C)CC1Cc2ccccc2S1. The van der Waals surface area contributed by atoms with E-state index in [1.165, 1.54) is 23.3 Å². The molecule has 1 nitrogen and oxygen atoms in total. The lowest BCUT2D eigenvalue weighted by molar-refractivity contribution is 0.306. The highest BCUT2D eigenvalue weighted by Gasteiger charge is 2.30. The maximum atomic E-state index is 4.08. The number of nitrogens with one attached hydrogen (secondary N) is 1. The molecule has 1 aromatic carbocycles. The van der Waals surface area contributed by atoms with E-state index < -0.39 is 0 Å². The second-order valence-electron chi connectivity index (χ2n) is 7.22. The van der Waals surface area contributed by atoms with Gasteiger partial charge in [0.05, 0.1) is 0 Å². The molecule has 1 N–H and O–H groups in total. The van der Waals surface area contributed by atoms with Gasteiger partial charge in [-0.2, -0.15) is 0 Å². The first-order valence-electron chi connectivity index (χ1n) is 7.44. The Morgan fingerprint density at radius 1 is 1.30 bits per heavy atom. The van der Waals surface area contributed by atoms with Gasteiger partial charge in [-0.15, -0.1) is 18.3 Å². The second kappa shape index (κ2) is 5.95. The van der Waals surface area contributed by atoms with E-state index in [-0.39, 0.29) is 11.0 Å². The van der Waals surface area contributed by atoms with Crippen LogP contribution in [0.1, 0.15) is 39.7 Å². The van der Waals surface area contributed by atoms with Gasteiger partial charge >= 0.3 is 0 Å². The molecule has 2 rings (SSSR count). The van der Waals surface area contributed by atoms with Crippen LogP contribution in [0.5, 0.6) is 0 Å². The van der Waals surface area contributed by atoms with Gasteiger partial charge in [-0.1, -0.05) is 31.2 Å².